The first-order valence-electron chi connectivity index (χ1n) is 5.27. The van der Waals surface area contributed by atoms with Crippen molar-refractivity contribution in [2.75, 3.05) is 0 Å². The second-order valence-electron chi connectivity index (χ2n) is 4.25. The van der Waals surface area contributed by atoms with E-state index in [9.17, 15) is 22.8 Å². The number of alkyl halides is 3. The van der Waals surface area contributed by atoms with Gasteiger partial charge in [-0.2, -0.15) is 13.2 Å². The number of ether oxygens (including phenoxy) is 1. The van der Waals surface area contributed by atoms with Crippen LogP contribution in [0.1, 0.15) is 22.8 Å². The zero-order valence-electron chi connectivity index (χ0n) is 9.68. The Bertz CT molecular complexity index is 568. The Labute approximate surface area is 111 Å². The van der Waals surface area contributed by atoms with Gasteiger partial charge < -0.3 is 4.74 Å². The molecule has 0 bridgehead atoms. The topological polar surface area (TPSA) is 43.4 Å². The number of ketones is 1. The molecule has 1 unspecified atom stereocenters. The van der Waals surface area contributed by atoms with Crippen LogP contribution in [0.3, 0.4) is 0 Å². The maximum atomic E-state index is 13.1. The molecule has 0 aliphatic carbocycles. The summed E-state index contributed by atoms with van der Waals surface area (Å²) in [5.74, 6) is -2.45. The highest BCUT2D eigenvalue weighted by Crippen LogP contribution is 2.41. The monoisotopic (exact) mass is 292 g/mol. The van der Waals surface area contributed by atoms with Crippen molar-refractivity contribution in [1.29, 1.82) is 0 Å². The smallest absolute Gasteiger partial charge is 0.436 e. The number of cyclic esters (lactones) is 1. The van der Waals surface area contributed by atoms with Gasteiger partial charge in [0.25, 0.3) is 5.60 Å². The molecule has 0 fully saturated rings. The Kier molecular flexibility index (Phi) is 3.09. The highest BCUT2D eigenvalue weighted by molar-refractivity contribution is 6.31. The number of esters is 1. The molecule has 0 saturated heterocycles. The van der Waals surface area contributed by atoms with E-state index in [1.54, 1.807) is 0 Å². The summed E-state index contributed by atoms with van der Waals surface area (Å²) >= 11 is 5.67. The average molecular weight is 293 g/mol. The van der Waals surface area contributed by atoms with E-state index in [0.29, 0.717) is 0 Å². The van der Waals surface area contributed by atoms with Crippen molar-refractivity contribution in [2.24, 2.45) is 0 Å². The van der Waals surface area contributed by atoms with Crippen molar-refractivity contribution >= 4 is 23.4 Å². The number of hydrogen-bond donors (Lipinski definition) is 0. The third-order valence-electron chi connectivity index (χ3n) is 3.02. The predicted molar refractivity (Wildman–Crippen MR) is 60.0 cm³/mol. The highest BCUT2D eigenvalue weighted by Gasteiger charge is 2.63. The van der Waals surface area contributed by atoms with Crippen molar-refractivity contribution in [2.45, 2.75) is 25.1 Å². The van der Waals surface area contributed by atoms with Crippen LogP contribution in [-0.4, -0.2) is 23.5 Å². The number of hydrogen-bond acceptors (Lipinski definition) is 3. The molecule has 0 saturated carbocycles. The normalized spacial score (nSPS) is 22.7. The molecule has 1 aliphatic rings. The van der Waals surface area contributed by atoms with E-state index in [2.05, 4.69) is 4.74 Å². The summed E-state index contributed by atoms with van der Waals surface area (Å²) in [6.07, 6.45) is -5.70. The molecular formula is C12H8ClF3O3. The lowest BCUT2D eigenvalue weighted by Crippen LogP contribution is -2.58. The van der Waals surface area contributed by atoms with Gasteiger partial charge in [0.1, 0.15) is 0 Å². The summed E-state index contributed by atoms with van der Waals surface area (Å²) in [5.41, 5.74) is -3.06. The lowest BCUT2D eigenvalue weighted by molar-refractivity contribution is -0.250. The van der Waals surface area contributed by atoms with Gasteiger partial charge in [-0.3, -0.25) is 4.79 Å². The number of fused-ring (bicyclic) bond motifs is 1. The Morgan fingerprint density at radius 3 is 2.58 bits per heavy atom. The first kappa shape index (κ1) is 13.9. The summed E-state index contributed by atoms with van der Waals surface area (Å²) in [5, 5.41) is 0.207. The van der Waals surface area contributed by atoms with Gasteiger partial charge in [0.2, 0.25) is 0 Å². The van der Waals surface area contributed by atoms with Crippen LogP contribution in [0.4, 0.5) is 13.2 Å². The van der Waals surface area contributed by atoms with Crippen LogP contribution in [0.15, 0.2) is 18.2 Å². The number of rotatable bonds is 1. The molecule has 3 nitrogen and oxygen atoms in total. The predicted octanol–water partition coefficient (Wildman–Crippen LogP) is 2.94. The van der Waals surface area contributed by atoms with Crippen molar-refractivity contribution < 1.29 is 27.5 Å². The van der Waals surface area contributed by atoms with Gasteiger partial charge in [0.15, 0.2) is 5.78 Å². The largest absolute Gasteiger partial charge is 0.437 e. The van der Waals surface area contributed by atoms with Gasteiger partial charge in [0.05, 0.1) is 5.56 Å². The molecule has 0 aromatic heterocycles. The van der Waals surface area contributed by atoms with Gasteiger partial charge >= 0.3 is 12.1 Å². The van der Waals surface area contributed by atoms with E-state index in [1.165, 1.54) is 18.2 Å². The summed E-state index contributed by atoms with van der Waals surface area (Å²) in [4.78, 5) is 23.0. The maximum Gasteiger partial charge on any atom is 0.436 e. The summed E-state index contributed by atoms with van der Waals surface area (Å²) < 4.78 is 43.6. The van der Waals surface area contributed by atoms with Crippen LogP contribution < -0.4 is 0 Å². The molecule has 0 radical (unpaired) electrons. The molecule has 1 aromatic carbocycles. The molecule has 102 valence electrons. The van der Waals surface area contributed by atoms with Crippen LogP contribution in [0.2, 0.25) is 5.02 Å². The fraction of sp³-hybridized carbons (Fsp3) is 0.333. The first-order chi connectivity index (χ1) is 8.67. The zero-order valence-corrected chi connectivity index (χ0v) is 10.4. The minimum absolute atomic E-state index is 0.0476. The molecule has 1 aliphatic heterocycles. The average Bonchev–Trinajstić information content (AvgIpc) is 2.28. The number of Topliss-reactive ketones (excluding diaryl/α,β-unsaturated/α-hetero) is 1. The molecule has 7 heteroatoms. The Morgan fingerprint density at radius 2 is 2.05 bits per heavy atom. The zero-order chi connectivity index (χ0) is 14.4. The van der Waals surface area contributed by atoms with Crippen LogP contribution >= 0.6 is 11.6 Å². The molecule has 0 amide bonds. The second kappa shape index (κ2) is 4.23. The molecule has 1 heterocycles. The maximum absolute atomic E-state index is 13.1. The summed E-state index contributed by atoms with van der Waals surface area (Å²) in [7, 11) is 0. The van der Waals surface area contributed by atoms with Crippen LogP contribution in [-0.2, 0) is 16.0 Å². The standard InChI is InChI=1S/C12H8ClF3O3/c1-6(17)11(12(14,15)16)5-7-2-3-8(13)4-9(7)10(18)19-11/h2-4H,5H2,1H3. The van der Waals surface area contributed by atoms with Gasteiger partial charge in [0, 0.05) is 11.4 Å². The Morgan fingerprint density at radius 1 is 1.42 bits per heavy atom. The van der Waals surface area contributed by atoms with Gasteiger partial charge in [-0.05, 0) is 24.6 Å². The fourth-order valence-corrected chi connectivity index (χ4v) is 2.14. The van der Waals surface area contributed by atoms with Crippen molar-refractivity contribution in [3.05, 3.63) is 34.3 Å². The van der Waals surface area contributed by atoms with Crippen LogP contribution in [0.5, 0.6) is 0 Å². The van der Waals surface area contributed by atoms with Crippen LogP contribution in [0.25, 0.3) is 0 Å². The molecule has 19 heavy (non-hydrogen) atoms. The lowest BCUT2D eigenvalue weighted by Gasteiger charge is -2.36. The quantitative estimate of drug-likeness (QED) is 0.748. The van der Waals surface area contributed by atoms with Gasteiger partial charge in [-0.25, -0.2) is 4.79 Å². The fourth-order valence-electron chi connectivity index (χ4n) is 1.96. The van der Waals surface area contributed by atoms with E-state index in [4.69, 9.17) is 11.6 Å². The number of carbonyl (C=O) groups is 2. The number of carbonyl (C=O) groups excluding carboxylic acids is 2. The van der Waals surface area contributed by atoms with E-state index >= 15 is 0 Å². The molecule has 1 atom stereocenters. The summed E-state index contributed by atoms with van der Waals surface area (Å²) in [6, 6.07) is 3.88. The number of benzene rings is 1. The van der Waals surface area contributed by atoms with E-state index in [1.807, 2.05) is 0 Å². The van der Waals surface area contributed by atoms with Gasteiger partial charge in [-0.15, -0.1) is 0 Å². The van der Waals surface area contributed by atoms with E-state index in [-0.39, 0.29) is 16.1 Å². The van der Waals surface area contributed by atoms with Crippen LogP contribution in [0, 0.1) is 0 Å². The molecule has 0 spiro atoms. The Balaban J connectivity index is 2.58. The molecule has 2 rings (SSSR count). The lowest BCUT2D eigenvalue weighted by atomic mass is 9.85. The third kappa shape index (κ3) is 2.10. The summed E-state index contributed by atoms with van der Waals surface area (Å²) in [6.45, 7) is 0.752. The van der Waals surface area contributed by atoms with Gasteiger partial charge in [-0.1, -0.05) is 17.7 Å². The van der Waals surface area contributed by atoms with E-state index < -0.39 is 30.0 Å². The third-order valence-corrected chi connectivity index (χ3v) is 3.26. The number of halogens is 4. The van der Waals surface area contributed by atoms with Crippen molar-refractivity contribution in [3.63, 3.8) is 0 Å². The molecular weight excluding hydrogens is 285 g/mol. The molecule has 0 N–H and O–H groups in total. The Hall–Kier alpha value is -1.56. The van der Waals surface area contributed by atoms with Crippen molar-refractivity contribution in [3.8, 4) is 0 Å². The minimum Gasteiger partial charge on any atom is -0.437 e. The SMILES string of the molecule is CC(=O)C1(C(F)(F)F)Cc2ccc(Cl)cc2C(=O)O1. The highest BCUT2D eigenvalue weighted by atomic mass is 35.5. The first-order valence-corrected chi connectivity index (χ1v) is 5.65. The van der Waals surface area contributed by atoms with Crippen molar-refractivity contribution in [1.82, 2.24) is 0 Å². The second-order valence-corrected chi connectivity index (χ2v) is 4.69. The molecule has 1 aromatic rings. The van der Waals surface area contributed by atoms with E-state index in [0.717, 1.165) is 6.92 Å². The minimum atomic E-state index is -4.97.